The first-order valence-corrected chi connectivity index (χ1v) is 5.95. The molecular formula is C11H23N7. The second kappa shape index (κ2) is 6.34. The van der Waals surface area contributed by atoms with Gasteiger partial charge in [-0.15, -0.1) is 0 Å². The van der Waals surface area contributed by atoms with E-state index < -0.39 is 0 Å². The molecule has 0 unspecified atom stereocenters. The zero-order valence-electron chi connectivity index (χ0n) is 11.9. The molecule has 0 saturated carbocycles. The summed E-state index contributed by atoms with van der Waals surface area (Å²) in [7, 11) is 9.84. The van der Waals surface area contributed by atoms with Gasteiger partial charge in [-0.25, -0.2) is 0 Å². The SMILES string of the molecule is CN(C)CCCN(C)c1nc(N)nc(N(C)C)n1. The lowest BCUT2D eigenvalue weighted by molar-refractivity contribution is 0.401. The molecule has 0 atom stereocenters. The smallest absolute Gasteiger partial charge is 0.231 e. The third-order valence-electron chi connectivity index (χ3n) is 2.47. The van der Waals surface area contributed by atoms with Crippen LogP contribution in [0.2, 0.25) is 0 Å². The van der Waals surface area contributed by atoms with Crippen LogP contribution in [-0.4, -0.2) is 68.2 Å². The van der Waals surface area contributed by atoms with Crippen LogP contribution >= 0.6 is 0 Å². The van der Waals surface area contributed by atoms with Crippen molar-refractivity contribution >= 4 is 17.8 Å². The van der Waals surface area contributed by atoms with E-state index in [1.807, 2.05) is 30.9 Å². The molecule has 0 bridgehead atoms. The molecule has 1 aromatic rings. The van der Waals surface area contributed by atoms with E-state index in [1.165, 1.54) is 0 Å². The Morgan fingerprint density at radius 2 is 1.50 bits per heavy atom. The van der Waals surface area contributed by atoms with Crippen LogP contribution < -0.4 is 15.5 Å². The van der Waals surface area contributed by atoms with E-state index in [0.717, 1.165) is 19.5 Å². The fourth-order valence-corrected chi connectivity index (χ4v) is 1.46. The lowest BCUT2D eigenvalue weighted by atomic mass is 10.4. The van der Waals surface area contributed by atoms with Crippen LogP contribution in [0.15, 0.2) is 0 Å². The minimum absolute atomic E-state index is 0.253. The molecule has 0 aromatic carbocycles. The van der Waals surface area contributed by atoms with Crippen LogP contribution in [0.5, 0.6) is 0 Å². The summed E-state index contributed by atoms with van der Waals surface area (Å²) in [6, 6.07) is 0. The largest absolute Gasteiger partial charge is 0.368 e. The van der Waals surface area contributed by atoms with Crippen LogP contribution in [0.1, 0.15) is 6.42 Å². The minimum atomic E-state index is 0.253. The summed E-state index contributed by atoms with van der Waals surface area (Å²) in [6.45, 7) is 1.92. The Kier molecular flexibility index (Phi) is 5.08. The van der Waals surface area contributed by atoms with E-state index >= 15 is 0 Å². The molecule has 2 N–H and O–H groups in total. The maximum Gasteiger partial charge on any atom is 0.231 e. The molecule has 1 heterocycles. The first kappa shape index (κ1) is 14.4. The van der Waals surface area contributed by atoms with Crippen LogP contribution in [0.3, 0.4) is 0 Å². The quantitative estimate of drug-likeness (QED) is 0.759. The molecule has 18 heavy (non-hydrogen) atoms. The highest BCUT2D eigenvalue weighted by Crippen LogP contribution is 2.12. The molecule has 0 saturated heterocycles. The molecule has 7 heteroatoms. The highest BCUT2D eigenvalue weighted by Gasteiger charge is 2.09. The summed E-state index contributed by atoms with van der Waals surface area (Å²) >= 11 is 0. The monoisotopic (exact) mass is 253 g/mol. The summed E-state index contributed by atoms with van der Waals surface area (Å²) in [5.74, 6) is 1.45. The Hall–Kier alpha value is -1.63. The number of rotatable bonds is 6. The zero-order valence-corrected chi connectivity index (χ0v) is 11.9. The molecule has 7 nitrogen and oxygen atoms in total. The molecule has 0 fully saturated rings. The van der Waals surface area contributed by atoms with E-state index in [0.29, 0.717) is 11.9 Å². The van der Waals surface area contributed by atoms with Gasteiger partial charge in [0.1, 0.15) is 0 Å². The summed E-state index contributed by atoms with van der Waals surface area (Å²) < 4.78 is 0. The van der Waals surface area contributed by atoms with E-state index in [-0.39, 0.29) is 5.95 Å². The van der Waals surface area contributed by atoms with E-state index in [9.17, 15) is 0 Å². The van der Waals surface area contributed by atoms with Crippen molar-refractivity contribution in [3.8, 4) is 0 Å². The van der Waals surface area contributed by atoms with Crippen molar-refractivity contribution < 1.29 is 0 Å². The highest BCUT2D eigenvalue weighted by molar-refractivity contribution is 5.42. The maximum absolute atomic E-state index is 5.69. The maximum atomic E-state index is 5.69. The van der Waals surface area contributed by atoms with Crippen molar-refractivity contribution in [1.82, 2.24) is 19.9 Å². The molecule has 102 valence electrons. The average molecular weight is 253 g/mol. The van der Waals surface area contributed by atoms with E-state index in [2.05, 4.69) is 33.9 Å². The van der Waals surface area contributed by atoms with Gasteiger partial charge in [-0.2, -0.15) is 15.0 Å². The summed E-state index contributed by atoms with van der Waals surface area (Å²) in [6.07, 6.45) is 1.05. The van der Waals surface area contributed by atoms with Crippen LogP contribution in [0.4, 0.5) is 17.8 Å². The number of hydrogen-bond acceptors (Lipinski definition) is 7. The number of hydrogen-bond donors (Lipinski definition) is 1. The molecule has 0 amide bonds. The topological polar surface area (TPSA) is 74.4 Å². The molecule has 0 spiro atoms. The van der Waals surface area contributed by atoms with E-state index in [4.69, 9.17) is 5.73 Å². The Labute approximate surface area is 109 Å². The molecule has 0 radical (unpaired) electrons. The van der Waals surface area contributed by atoms with Gasteiger partial charge < -0.3 is 20.4 Å². The van der Waals surface area contributed by atoms with Gasteiger partial charge in [-0.3, -0.25) is 0 Å². The van der Waals surface area contributed by atoms with Crippen molar-refractivity contribution in [1.29, 1.82) is 0 Å². The van der Waals surface area contributed by atoms with Gasteiger partial charge in [0.2, 0.25) is 17.8 Å². The van der Waals surface area contributed by atoms with Crippen molar-refractivity contribution in [2.45, 2.75) is 6.42 Å². The predicted molar refractivity (Wildman–Crippen MR) is 75.0 cm³/mol. The van der Waals surface area contributed by atoms with Crippen molar-refractivity contribution in [3.63, 3.8) is 0 Å². The predicted octanol–water partition coefficient (Wildman–Crippen LogP) is -0.0923. The summed E-state index contributed by atoms with van der Waals surface area (Å²) in [5.41, 5.74) is 5.69. The second-order valence-corrected chi connectivity index (χ2v) is 4.77. The molecule has 1 rings (SSSR count). The first-order chi connectivity index (χ1) is 8.40. The van der Waals surface area contributed by atoms with Gasteiger partial charge >= 0.3 is 0 Å². The van der Waals surface area contributed by atoms with Gasteiger partial charge in [-0.1, -0.05) is 0 Å². The summed E-state index contributed by atoms with van der Waals surface area (Å²) in [5, 5.41) is 0. The number of aromatic nitrogens is 3. The van der Waals surface area contributed by atoms with Gasteiger partial charge in [0, 0.05) is 27.7 Å². The van der Waals surface area contributed by atoms with Crippen LogP contribution in [-0.2, 0) is 0 Å². The molecule has 0 aliphatic rings. The Morgan fingerprint density at radius 1 is 0.889 bits per heavy atom. The van der Waals surface area contributed by atoms with Crippen LogP contribution in [0.25, 0.3) is 0 Å². The fourth-order valence-electron chi connectivity index (χ4n) is 1.46. The van der Waals surface area contributed by atoms with Crippen molar-refractivity contribution in [2.75, 3.05) is 63.9 Å². The van der Waals surface area contributed by atoms with Crippen molar-refractivity contribution in [2.24, 2.45) is 0 Å². The second-order valence-electron chi connectivity index (χ2n) is 4.77. The Balaban J connectivity index is 2.69. The number of nitrogens with zero attached hydrogens (tertiary/aromatic N) is 6. The van der Waals surface area contributed by atoms with E-state index in [1.54, 1.807) is 0 Å². The van der Waals surface area contributed by atoms with Gasteiger partial charge in [0.25, 0.3) is 0 Å². The Morgan fingerprint density at radius 3 is 2.06 bits per heavy atom. The lowest BCUT2D eigenvalue weighted by Gasteiger charge is -2.20. The average Bonchev–Trinajstić information content (AvgIpc) is 2.27. The Bertz CT molecular complexity index is 378. The summed E-state index contributed by atoms with van der Waals surface area (Å²) in [4.78, 5) is 18.6. The standard InChI is InChI=1S/C11H23N7/c1-16(2)7-6-8-18(5)11-14-9(12)13-10(15-11)17(3)4/h6-8H2,1-5H3,(H2,12,13,14,15). The lowest BCUT2D eigenvalue weighted by Crippen LogP contribution is -2.26. The first-order valence-electron chi connectivity index (χ1n) is 5.95. The molecule has 0 aliphatic heterocycles. The molecule has 1 aromatic heterocycles. The van der Waals surface area contributed by atoms with Crippen molar-refractivity contribution in [3.05, 3.63) is 0 Å². The van der Waals surface area contributed by atoms with Gasteiger partial charge in [0.15, 0.2) is 0 Å². The van der Waals surface area contributed by atoms with Gasteiger partial charge in [0.05, 0.1) is 0 Å². The van der Waals surface area contributed by atoms with Crippen LogP contribution in [0, 0.1) is 0 Å². The number of nitrogens with two attached hydrogens (primary N) is 1. The fraction of sp³-hybridized carbons (Fsp3) is 0.727. The third kappa shape index (κ3) is 4.33. The highest BCUT2D eigenvalue weighted by atomic mass is 15.3. The minimum Gasteiger partial charge on any atom is -0.368 e. The number of nitrogen functional groups attached to an aromatic ring is 1. The third-order valence-corrected chi connectivity index (χ3v) is 2.47. The number of anilines is 3. The molecule has 0 aliphatic carbocycles. The van der Waals surface area contributed by atoms with Gasteiger partial charge in [-0.05, 0) is 27.1 Å². The normalized spacial score (nSPS) is 10.8. The zero-order chi connectivity index (χ0) is 13.7. The molecular weight excluding hydrogens is 230 g/mol.